The second-order valence-corrected chi connectivity index (χ2v) is 6.80. The molecule has 1 heterocycles. The molecule has 0 spiro atoms. The number of thiocarbonyl (C=S) groups is 1. The number of nitrogens with zero attached hydrogens (tertiary/aromatic N) is 3. The van der Waals surface area contributed by atoms with Gasteiger partial charge in [0.1, 0.15) is 0 Å². The van der Waals surface area contributed by atoms with Crippen LogP contribution in [0.2, 0.25) is 0 Å². The largest absolute Gasteiger partial charge is 0.363 e. The molecule has 0 saturated heterocycles. The van der Waals surface area contributed by atoms with E-state index >= 15 is 0 Å². The highest BCUT2D eigenvalue weighted by Gasteiger charge is 2.21. The molecule has 1 aliphatic rings. The van der Waals surface area contributed by atoms with Crippen molar-refractivity contribution in [1.82, 2.24) is 20.6 Å². The average molecular weight is 369 g/mol. The van der Waals surface area contributed by atoms with Crippen LogP contribution in [-0.4, -0.2) is 33.6 Å². The van der Waals surface area contributed by atoms with E-state index in [4.69, 9.17) is 17.2 Å². The number of aromatic nitrogens is 2. The monoisotopic (exact) mass is 368 g/mol. The summed E-state index contributed by atoms with van der Waals surface area (Å²) < 4.78 is 0. The number of aryl methyl sites for hydroxylation is 2. The van der Waals surface area contributed by atoms with E-state index in [1.165, 1.54) is 11.1 Å². The van der Waals surface area contributed by atoms with E-state index in [9.17, 15) is 0 Å². The first-order valence-electron chi connectivity index (χ1n) is 8.82. The second-order valence-electron chi connectivity index (χ2n) is 6.39. The summed E-state index contributed by atoms with van der Waals surface area (Å²) in [5, 5.41) is 9.94. The molecular weight excluding hydrogens is 344 g/mol. The first-order valence-corrected chi connectivity index (χ1v) is 9.23. The topological polar surface area (TPSA) is 74.2 Å². The van der Waals surface area contributed by atoms with Gasteiger partial charge in [-0.25, -0.2) is 15.0 Å². The number of nitrogens with one attached hydrogen (secondary N) is 3. The van der Waals surface area contributed by atoms with Crippen molar-refractivity contribution in [3.05, 3.63) is 52.8 Å². The van der Waals surface area contributed by atoms with Crippen molar-refractivity contribution in [3.8, 4) is 0 Å². The molecule has 0 amide bonds. The number of hydrogen-bond donors (Lipinski definition) is 3. The van der Waals surface area contributed by atoms with Gasteiger partial charge in [-0.05, 0) is 63.0 Å². The van der Waals surface area contributed by atoms with Gasteiger partial charge in [0, 0.05) is 17.9 Å². The fourth-order valence-electron chi connectivity index (χ4n) is 3.11. The summed E-state index contributed by atoms with van der Waals surface area (Å²) in [6.07, 6.45) is 1.84. The van der Waals surface area contributed by atoms with E-state index in [0.29, 0.717) is 17.0 Å². The van der Waals surface area contributed by atoms with Crippen LogP contribution in [0.15, 0.2) is 35.3 Å². The Bertz CT molecular complexity index is 787. The normalized spacial score (nSPS) is 14.0. The first-order chi connectivity index (χ1) is 12.5. The Labute approximate surface area is 159 Å². The zero-order valence-corrected chi connectivity index (χ0v) is 16.2. The lowest BCUT2D eigenvalue weighted by atomic mass is 10.1. The molecule has 0 saturated carbocycles. The minimum atomic E-state index is 0.165. The lowest BCUT2D eigenvalue weighted by Gasteiger charge is -2.15. The summed E-state index contributed by atoms with van der Waals surface area (Å²) in [5.74, 6) is 1.09. The van der Waals surface area contributed by atoms with Gasteiger partial charge in [-0.1, -0.05) is 24.3 Å². The number of aliphatic imine (C=N–C) groups is 1. The van der Waals surface area contributed by atoms with Gasteiger partial charge in [0.2, 0.25) is 11.9 Å². The van der Waals surface area contributed by atoms with Crippen LogP contribution in [0.1, 0.15) is 29.4 Å². The van der Waals surface area contributed by atoms with E-state index in [0.717, 1.165) is 30.8 Å². The zero-order chi connectivity index (χ0) is 18.5. The number of benzene rings is 1. The van der Waals surface area contributed by atoms with Gasteiger partial charge in [0.05, 0.1) is 6.04 Å². The van der Waals surface area contributed by atoms with E-state index in [-0.39, 0.29) is 6.04 Å². The molecular formula is C19H24N6S. The molecule has 0 radical (unpaired) electrons. The predicted octanol–water partition coefficient (Wildman–Crippen LogP) is 2.51. The Morgan fingerprint density at radius 1 is 1.15 bits per heavy atom. The molecule has 0 unspecified atom stereocenters. The first kappa shape index (κ1) is 18.3. The smallest absolute Gasteiger partial charge is 0.229 e. The van der Waals surface area contributed by atoms with Crippen LogP contribution < -0.4 is 16.0 Å². The minimum absolute atomic E-state index is 0.165. The number of guanidine groups is 1. The zero-order valence-electron chi connectivity index (χ0n) is 15.3. The summed E-state index contributed by atoms with van der Waals surface area (Å²) in [6.45, 7) is 6.63. The van der Waals surface area contributed by atoms with Crippen LogP contribution in [0, 0.1) is 13.8 Å². The number of hydrogen-bond acceptors (Lipinski definition) is 4. The van der Waals surface area contributed by atoms with Crippen LogP contribution in [0.4, 0.5) is 5.95 Å². The Balaban J connectivity index is 1.80. The average Bonchev–Trinajstić information content (AvgIpc) is 2.96. The molecule has 2 aromatic rings. The molecule has 1 aliphatic carbocycles. The quantitative estimate of drug-likeness (QED) is 0.439. The van der Waals surface area contributed by atoms with Gasteiger partial charge < -0.3 is 10.6 Å². The van der Waals surface area contributed by atoms with Gasteiger partial charge >= 0.3 is 0 Å². The maximum Gasteiger partial charge on any atom is 0.229 e. The van der Waals surface area contributed by atoms with Crippen LogP contribution >= 0.6 is 12.2 Å². The predicted molar refractivity (Wildman–Crippen MR) is 110 cm³/mol. The maximum atomic E-state index is 5.32. The van der Waals surface area contributed by atoms with Crippen LogP contribution in [0.5, 0.6) is 0 Å². The molecule has 6 nitrogen and oxygen atoms in total. The molecule has 1 aromatic carbocycles. The highest BCUT2D eigenvalue weighted by Crippen LogP contribution is 2.23. The van der Waals surface area contributed by atoms with Crippen molar-refractivity contribution >= 4 is 29.2 Å². The third-order valence-electron chi connectivity index (χ3n) is 4.12. The molecule has 3 N–H and O–H groups in total. The molecule has 0 atom stereocenters. The number of rotatable bonds is 3. The Morgan fingerprint density at radius 2 is 1.77 bits per heavy atom. The fraction of sp³-hybridized carbons (Fsp3) is 0.368. The summed E-state index contributed by atoms with van der Waals surface area (Å²) in [4.78, 5) is 13.7. The third-order valence-corrected chi connectivity index (χ3v) is 4.37. The highest BCUT2D eigenvalue weighted by atomic mass is 32.1. The van der Waals surface area contributed by atoms with E-state index in [1.807, 2.05) is 26.8 Å². The SMILES string of the molecule is CCNC(=S)NC(=NC1Cc2ccccc2C1)Nc1nc(C)cc(C)n1. The number of fused-ring (bicyclic) bond motifs is 1. The molecule has 0 bridgehead atoms. The standard InChI is InChI=1S/C19H24N6S/c1-4-20-19(26)25-18(24-17-21-12(2)9-13(3)22-17)23-16-10-14-7-5-6-8-15(14)11-16/h5-9,16H,4,10-11H2,1-3H3,(H3,20,21,22,23,24,25,26). The van der Waals surface area contributed by atoms with E-state index in [1.54, 1.807) is 0 Å². The van der Waals surface area contributed by atoms with Gasteiger partial charge in [-0.2, -0.15) is 0 Å². The van der Waals surface area contributed by atoms with Crippen molar-refractivity contribution in [3.63, 3.8) is 0 Å². The van der Waals surface area contributed by atoms with Crippen LogP contribution in [0.25, 0.3) is 0 Å². The Kier molecular flexibility index (Phi) is 5.78. The van der Waals surface area contributed by atoms with Crippen molar-refractivity contribution in [2.24, 2.45) is 4.99 Å². The Morgan fingerprint density at radius 3 is 2.35 bits per heavy atom. The van der Waals surface area contributed by atoms with Gasteiger partial charge in [0.25, 0.3) is 0 Å². The molecule has 1 aromatic heterocycles. The lowest BCUT2D eigenvalue weighted by molar-refractivity contribution is 0.719. The number of anilines is 1. The summed E-state index contributed by atoms with van der Waals surface area (Å²) in [6, 6.07) is 10.6. The van der Waals surface area contributed by atoms with E-state index < -0.39 is 0 Å². The summed E-state index contributed by atoms with van der Waals surface area (Å²) in [5.41, 5.74) is 4.53. The fourth-order valence-corrected chi connectivity index (χ4v) is 3.35. The van der Waals surface area contributed by atoms with Gasteiger partial charge in [-0.15, -0.1) is 0 Å². The molecule has 3 rings (SSSR count). The van der Waals surface area contributed by atoms with Gasteiger partial charge in [0.15, 0.2) is 5.11 Å². The molecule has 0 fully saturated rings. The van der Waals surface area contributed by atoms with Crippen LogP contribution in [-0.2, 0) is 12.8 Å². The molecule has 7 heteroatoms. The molecule has 136 valence electrons. The van der Waals surface area contributed by atoms with Crippen molar-refractivity contribution in [2.45, 2.75) is 39.7 Å². The molecule has 26 heavy (non-hydrogen) atoms. The minimum Gasteiger partial charge on any atom is -0.363 e. The lowest BCUT2D eigenvalue weighted by Crippen LogP contribution is -2.43. The van der Waals surface area contributed by atoms with Gasteiger partial charge in [-0.3, -0.25) is 5.32 Å². The van der Waals surface area contributed by atoms with E-state index in [2.05, 4.69) is 50.2 Å². The van der Waals surface area contributed by atoms with Crippen molar-refractivity contribution < 1.29 is 0 Å². The Hall–Kier alpha value is -2.54. The highest BCUT2D eigenvalue weighted by molar-refractivity contribution is 7.80. The summed E-state index contributed by atoms with van der Waals surface area (Å²) >= 11 is 5.32. The third kappa shape index (κ3) is 4.76. The van der Waals surface area contributed by atoms with Crippen molar-refractivity contribution in [1.29, 1.82) is 0 Å². The summed E-state index contributed by atoms with van der Waals surface area (Å²) in [7, 11) is 0. The van der Waals surface area contributed by atoms with Crippen LogP contribution in [0.3, 0.4) is 0 Å². The molecule has 0 aliphatic heterocycles. The van der Waals surface area contributed by atoms with Crippen molar-refractivity contribution in [2.75, 3.05) is 11.9 Å². The second kappa shape index (κ2) is 8.23. The maximum absolute atomic E-state index is 5.32.